The molecular weight excluding hydrogens is 665 g/mol. The molecule has 3 bridgehead atoms. The minimum Gasteiger partial charge on any atom is -0.310 e. The Kier molecular flexibility index (Phi) is 7.45. The smallest absolute Gasteiger partial charge is 0.0731 e. The number of fused-ring (bicyclic) bond motifs is 9. The van der Waals surface area contributed by atoms with Crippen LogP contribution in [0, 0.1) is 42.9 Å². The van der Waals surface area contributed by atoms with Crippen LogP contribution in [0.5, 0.6) is 0 Å². The standard InChI is InChI=1S/C53H44N2/c1-3-36-30-46(23-25-48(36)47-13-7-4-10-34(47)2)55(45-22-18-37-11-5-6-12-39(37)31-45)44-20-16-38(17-21-44)40-19-24-50-49-14-8-9-15-51(49)53(52(50)32-40)43-28-35-26-41(29-43)42(27-35)33-54-53/h1,4-25,30-32,35,41-43,54H,26-29,33H2,2H3. The van der Waals surface area contributed by atoms with Crippen molar-refractivity contribution < 1.29 is 0 Å². The Morgan fingerprint density at radius 2 is 1.24 bits per heavy atom. The molecule has 3 aliphatic carbocycles. The van der Waals surface area contributed by atoms with E-state index in [-0.39, 0.29) is 5.54 Å². The number of hydrogen-bond acceptors (Lipinski definition) is 2. The summed E-state index contributed by atoms with van der Waals surface area (Å²) < 4.78 is 0. The lowest BCUT2D eigenvalue weighted by Gasteiger charge is -2.43. The maximum absolute atomic E-state index is 6.23. The van der Waals surface area contributed by atoms with Gasteiger partial charge in [0.25, 0.3) is 0 Å². The zero-order valence-corrected chi connectivity index (χ0v) is 31.3. The Morgan fingerprint density at radius 3 is 2.09 bits per heavy atom. The molecule has 1 spiro atoms. The third kappa shape index (κ3) is 5.07. The van der Waals surface area contributed by atoms with E-state index in [2.05, 4.69) is 175 Å². The Balaban J connectivity index is 1.01. The maximum atomic E-state index is 6.23. The van der Waals surface area contributed by atoms with E-state index in [9.17, 15) is 0 Å². The highest BCUT2D eigenvalue weighted by molar-refractivity contribution is 5.91. The van der Waals surface area contributed by atoms with Crippen LogP contribution in [0.2, 0.25) is 0 Å². The second-order valence-electron chi connectivity index (χ2n) is 16.6. The summed E-state index contributed by atoms with van der Waals surface area (Å²) in [5.41, 5.74) is 15.8. The third-order valence-electron chi connectivity index (χ3n) is 13.8. The van der Waals surface area contributed by atoms with Gasteiger partial charge in [0.2, 0.25) is 0 Å². The minimum atomic E-state index is -0.111. The molecule has 0 amide bonds. The average molecular weight is 709 g/mol. The molecule has 7 aromatic rings. The van der Waals surface area contributed by atoms with Crippen LogP contribution in [0.4, 0.5) is 17.1 Å². The van der Waals surface area contributed by atoms with Gasteiger partial charge in [-0.25, -0.2) is 0 Å². The Bertz CT molecular complexity index is 2680. The summed E-state index contributed by atoms with van der Waals surface area (Å²) >= 11 is 0. The zero-order chi connectivity index (χ0) is 36.7. The summed E-state index contributed by atoms with van der Waals surface area (Å²) in [5.74, 6) is 6.24. The van der Waals surface area contributed by atoms with Crippen molar-refractivity contribution in [1.82, 2.24) is 5.32 Å². The molecule has 2 heteroatoms. The molecule has 3 fully saturated rings. The number of nitrogens with one attached hydrogen (secondary N) is 1. The van der Waals surface area contributed by atoms with E-state index in [0.717, 1.165) is 52.5 Å². The topological polar surface area (TPSA) is 15.3 Å². The van der Waals surface area contributed by atoms with Crippen LogP contribution >= 0.6 is 0 Å². The highest BCUT2D eigenvalue weighted by atomic mass is 15.1. The van der Waals surface area contributed by atoms with Gasteiger partial charge in [-0.3, -0.25) is 0 Å². The summed E-state index contributed by atoms with van der Waals surface area (Å²) in [5, 5.41) is 6.72. The lowest BCUT2D eigenvalue weighted by molar-refractivity contribution is 0.173. The molecule has 4 aliphatic rings. The van der Waals surface area contributed by atoms with Gasteiger partial charge in [-0.1, -0.05) is 115 Å². The molecule has 1 N–H and O–H groups in total. The molecule has 2 saturated carbocycles. The van der Waals surface area contributed by atoms with Crippen LogP contribution in [0.3, 0.4) is 0 Å². The van der Waals surface area contributed by atoms with Crippen LogP contribution in [0.25, 0.3) is 44.2 Å². The number of benzene rings is 7. The van der Waals surface area contributed by atoms with Crippen molar-refractivity contribution in [2.45, 2.75) is 38.1 Å². The molecule has 55 heavy (non-hydrogen) atoms. The highest BCUT2D eigenvalue weighted by Gasteiger charge is 2.56. The molecular formula is C53H44N2. The van der Waals surface area contributed by atoms with Crippen LogP contribution in [-0.2, 0) is 5.54 Å². The van der Waals surface area contributed by atoms with Gasteiger partial charge in [0, 0.05) is 22.6 Å². The quantitative estimate of drug-likeness (QED) is 0.179. The van der Waals surface area contributed by atoms with Gasteiger partial charge in [0.05, 0.1) is 5.54 Å². The molecule has 2 nitrogen and oxygen atoms in total. The number of nitrogens with zero attached hydrogens (tertiary/aromatic N) is 1. The Labute approximate surface area is 324 Å². The highest BCUT2D eigenvalue weighted by Crippen LogP contribution is 2.61. The van der Waals surface area contributed by atoms with E-state index in [1.807, 2.05) is 0 Å². The van der Waals surface area contributed by atoms with Gasteiger partial charge < -0.3 is 10.2 Å². The first kappa shape index (κ1) is 32.5. The molecule has 1 saturated heterocycles. The fourth-order valence-corrected chi connectivity index (χ4v) is 11.3. The average Bonchev–Trinajstić information content (AvgIpc) is 3.65. The predicted octanol–water partition coefficient (Wildman–Crippen LogP) is 12.8. The van der Waals surface area contributed by atoms with Gasteiger partial charge in [-0.05, 0) is 166 Å². The lowest BCUT2D eigenvalue weighted by Crippen LogP contribution is -2.49. The normalized spacial score (nSPS) is 23.0. The minimum absolute atomic E-state index is 0.111. The van der Waals surface area contributed by atoms with Crippen molar-refractivity contribution in [3.05, 3.63) is 174 Å². The molecule has 266 valence electrons. The van der Waals surface area contributed by atoms with Gasteiger partial charge >= 0.3 is 0 Å². The molecule has 0 radical (unpaired) electrons. The lowest BCUT2D eigenvalue weighted by atomic mass is 9.67. The summed E-state index contributed by atoms with van der Waals surface area (Å²) in [6.45, 7) is 3.27. The Morgan fingerprint density at radius 1 is 0.564 bits per heavy atom. The van der Waals surface area contributed by atoms with Crippen LogP contribution < -0.4 is 10.2 Å². The van der Waals surface area contributed by atoms with E-state index in [4.69, 9.17) is 6.42 Å². The van der Waals surface area contributed by atoms with Crippen LogP contribution in [0.15, 0.2) is 152 Å². The first-order chi connectivity index (χ1) is 27.1. The van der Waals surface area contributed by atoms with E-state index >= 15 is 0 Å². The molecule has 0 aromatic heterocycles. The molecule has 1 heterocycles. The Hall–Kier alpha value is -5.88. The number of rotatable bonds is 5. The van der Waals surface area contributed by atoms with E-state index in [0.29, 0.717) is 5.92 Å². The van der Waals surface area contributed by atoms with E-state index in [1.165, 1.54) is 81.0 Å². The maximum Gasteiger partial charge on any atom is 0.0731 e. The molecule has 7 aromatic carbocycles. The number of aryl methyl sites for hydroxylation is 1. The van der Waals surface area contributed by atoms with Gasteiger partial charge in [-0.2, -0.15) is 0 Å². The van der Waals surface area contributed by atoms with Crippen LogP contribution in [0.1, 0.15) is 47.9 Å². The van der Waals surface area contributed by atoms with Crippen molar-refractivity contribution in [3.63, 3.8) is 0 Å². The van der Waals surface area contributed by atoms with Gasteiger partial charge in [0.15, 0.2) is 0 Å². The first-order valence-corrected chi connectivity index (χ1v) is 20.1. The zero-order valence-electron chi connectivity index (χ0n) is 31.3. The summed E-state index contributed by atoms with van der Waals surface area (Å²) in [7, 11) is 0. The van der Waals surface area contributed by atoms with Crippen molar-refractivity contribution in [2.24, 2.45) is 23.7 Å². The number of terminal acetylenes is 1. The fraction of sp³-hybridized carbons (Fsp3) is 0.208. The first-order valence-electron chi connectivity index (χ1n) is 20.1. The number of hydrogen-bond donors (Lipinski definition) is 1. The molecule has 1 aliphatic heterocycles. The summed E-state index contributed by atoms with van der Waals surface area (Å²) in [6.07, 6.45) is 11.8. The monoisotopic (exact) mass is 708 g/mol. The molecule has 11 rings (SSSR count). The fourth-order valence-electron chi connectivity index (χ4n) is 11.3. The van der Waals surface area contributed by atoms with Gasteiger partial charge in [0.1, 0.15) is 0 Å². The third-order valence-corrected chi connectivity index (χ3v) is 13.8. The van der Waals surface area contributed by atoms with Crippen molar-refractivity contribution in [1.29, 1.82) is 0 Å². The van der Waals surface area contributed by atoms with Crippen molar-refractivity contribution in [3.8, 4) is 45.7 Å². The second kappa shape index (κ2) is 12.6. The SMILES string of the molecule is C#Cc1cc(N(c2ccc(-c3ccc4c(c3)C3(NCC5CC6CC5CC3C6)c3ccccc3-4)cc2)c2ccc3ccccc3c2)ccc1-c1ccccc1C. The van der Waals surface area contributed by atoms with E-state index in [1.54, 1.807) is 0 Å². The molecule has 5 atom stereocenters. The summed E-state index contributed by atoms with van der Waals surface area (Å²) in [4.78, 5) is 2.34. The molecule has 5 unspecified atom stereocenters. The second-order valence-corrected chi connectivity index (χ2v) is 16.6. The van der Waals surface area contributed by atoms with Crippen LogP contribution in [-0.4, -0.2) is 6.54 Å². The predicted molar refractivity (Wildman–Crippen MR) is 229 cm³/mol. The summed E-state index contributed by atoms with van der Waals surface area (Å²) in [6, 6.07) is 56.0. The number of anilines is 3. The largest absolute Gasteiger partial charge is 0.310 e. The van der Waals surface area contributed by atoms with Crippen molar-refractivity contribution in [2.75, 3.05) is 11.4 Å². The van der Waals surface area contributed by atoms with Gasteiger partial charge in [-0.15, -0.1) is 6.42 Å². The van der Waals surface area contributed by atoms with Crippen molar-refractivity contribution >= 4 is 27.8 Å². The van der Waals surface area contributed by atoms with E-state index < -0.39 is 0 Å².